The molecule has 0 aliphatic carbocycles. The summed E-state index contributed by atoms with van der Waals surface area (Å²) in [4.78, 5) is 5.93. The topological polar surface area (TPSA) is 48.9 Å². The van der Waals surface area contributed by atoms with E-state index in [-0.39, 0.29) is 11.7 Å². The van der Waals surface area contributed by atoms with Crippen LogP contribution in [0.4, 0.5) is 14.5 Å². The summed E-state index contributed by atoms with van der Waals surface area (Å²) >= 11 is 0. The van der Waals surface area contributed by atoms with Crippen LogP contribution in [-0.2, 0) is 4.74 Å². The number of nitrogens with zero attached hydrogens (tertiary/aromatic N) is 2. The van der Waals surface area contributed by atoms with Crippen LogP contribution in [0, 0.1) is 11.6 Å². The van der Waals surface area contributed by atoms with E-state index in [0.29, 0.717) is 32.2 Å². The van der Waals surface area contributed by atoms with Gasteiger partial charge in [0.2, 0.25) is 0 Å². The highest BCUT2D eigenvalue weighted by Crippen LogP contribution is 2.26. The molecule has 0 radical (unpaired) electrons. The summed E-state index contributed by atoms with van der Waals surface area (Å²) in [5, 5.41) is 6.50. The minimum Gasteiger partial charge on any atom is -0.380 e. The van der Waals surface area contributed by atoms with Crippen molar-refractivity contribution in [2.75, 3.05) is 44.8 Å². The normalized spacial score (nSPS) is 17.8. The molecule has 1 fully saturated rings. The zero-order valence-corrected chi connectivity index (χ0v) is 15.0. The molecule has 1 saturated heterocycles. The monoisotopic (exact) mass is 354 g/mol. The van der Waals surface area contributed by atoms with Gasteiger partial charge in [0.1, 0.15) is 17.3 Å². The molecule has 0 amide bonds. The maximum Gasteiger partial charge on any atom is 0.191 e. The van der Waals surface area contributed by atoms with Gasteiger partial charge < -0.3 is 20.3 Å². The summed E-state index contributed by atoms with van der Waals surface area (Å²) < 4.78 is 33.3. The van der Waals surface area contributed by atoms with Crippen LogP contribution in [0.15, 0.2) is 23.2 Å². The number of anilines is 1. The first-order valence-electron chi connectivity index (χ1n) is 8.89. The zero-order chi connectivity index (χ0) is 18.1. The van der Waals surface area contributed by atoms with E-state index < -0.39 is 11.6 Å². The molecular weight excluding hydrogens is 326 g/mol. The van der Waals surface area contributed by atoms with Gasteiger partial charge in [0, 0.05) is 39.3 Å². The number of para-hydroxylation sites is 1. The molecule has 0 saturated carbocycles. The fourth-order valence-corrected chi connectivity index (χ4v) is 2.85. The molecule has 140 valence electrons. The fourth-order valence-electron chi connectivity index (χ4n) is 2.85. The highest BCUT2D eigenvalue weighted by molar-refractivity contribution is 5.80. The van der Waals surface area contributed by atoms with Crippen molar-refractivity contribution in [1.29, 1.82) is 0 Å². The Balaban J connectivity index is 1.77. The summed E-state index contributed by atoms with van der Waals surface area (Å²) in [6.07, 6.45) is 2.98. The second-order valence-electron chi connectivity index (χ2n) is 6.11. The molecule has 1 aromatic carbocycles. The summed E-state index contributed by atoms with van der Waals surface area (Å²) in [7, 11) is 1.70. The number of nitrogens with one attached hydrogen (secondary N) is 2. The van der Waals surface area contributed by atoms with Crippen molar-refractivity contribution in [2.45, 2.75) is 32.2 Å². The predicted octanol–water partition coefficient (Wildman–Crippen LogP) is 2.53. The van der Waals surface area contributed by atoms with Gasteiger partial charge in [-0.1, -0.05) is 19.4 Å². The van der Waals surface area contributed by atoms with Crippen molar-refractivity contribution in [3.8, 4) is 0 Å². The first kappa shape index (κ1) is 19.4. The average Bonchev–Trinajstić information content (AvgIpc) is 3.05. The van der Waals surface area contributed by atoms with Gasteiger partial charge in [-0.15, -0.1) is 0 Å². The van der Waals surface area contributed by atoms with Crippen LogP contribution in [-0.4, -0.2) is 51.9 Å². The summed E-state index contributed by atoms with van der Waals surface area (Å²) in [6.45, 7) is 5.33. The largest absolute Gasteiger partial charge is 0.380 e. The van der Waals surface area contributed by atoms with Gasteiger partial charge in [0.15, 0.2) is 5.96 Å². The van der Waals surface area contributed by atoms with Crippen molar-refractivity contribution in [1.82, 2.24) is 10.6 Å². The van der Waals surface area contributed by atoms with Gasteiger partial charge >= 0.3 is 0 Å². The molecule has 1 aromatic rings. The average molecular weight is 354 g/mol. The molecule has 0 spiro atoms. The van der Waals surface area contributed by atoms with Crippen molar-refractivity contribution in [3.05, 3.63) is 29.8 Å². The molecule has 1 atom stereocenters. The lowest BCUT2D eigenvalue weighted by Gasteiger charge is -2.21. The number of ether oxygens (including phenoxy) is 1. The van der Waals surface area contributed by atoms with Crippen LogP contribution in [0.3, 0.4) is 0 Å². The highest BCUT2D eigenvalue weighted by atomic mass is 19.1. The minimum atomic E-state index is -0.521. The molecule has 1 aliphatic heterocycles. The third-order valence-corrected chi connectivity index (χ3v) is 4.19. The van der Waals surface area contributed by atoms with Crippen LogP contribution < -0.4 is 15.5 Å². The first-order valence-corrected chi connectivity index (χ1v) is 8.89. The molecule has 0 bridgehead atoms. The van der Waals surface area contributed by atoms with Crippen LogP contribution >= 0.6 is 0 Å². The molecule has 7 heteroatoms. The highest BCUT2D eigenvalue weighted by Gasteiger charge is 2.27. The fraction of sp³-hybridized carbons (Fsp3) is 0.611. The molecule has 0 aromatic heterocycles. The van der Waals surface area contributed by atoms with Gasteiger partial charge in [-0.25, -0.2) is 8.78 Å². The standard InChI is InChI=1S/C18H28F2N4O/c1-3-4-11-25-12-9-22-18(21-2)23-14-8-10-24(13-14)17-15(19)6-5-7-16(17)20/h5-7,14H,3-4,8-13H2,1-2H3,(H2,21,22,23). The summed E-state index contributed by atoms with van der Waals surface area (Å²) in [5.41, 5.74) is 0.0547. The maximum atomic E-state index is 13.9. The van der Waals surface area contributed by atoms with E-state index in [1.807, 2.05) is 0 Å². The van der Waals surface area contributed by atoms with Crippen LogP contribution in [0.1, 0.15) is 26.2 Å². The Morgan fingerprint density at radius 1 is 1.32 bits per heavy atom. The zero-order valence-electron chi connectivity index (χ0n) is 15.0. The number of hydrogen-bond acceptors (Lipinski definition) is 3. The number of hydrogen-bond donors (Lipinski definition) is 2. The van der Waals surface area contributed by atoms with Crippen LogP contribution in [0.2, 0.25) is 0 Å². The Labute approximate surface area is 148 Å². The SMILES string of the molecule is CCCCOCCNC(=NC)NC1CCN(c2c(F)cccc2F)C1. The lowest BCUT2D eigenvalue weighted by molar-refractivity contribution is 0.136. The Morgan fingerprint density at radius 2 is 2.08 bits per heavy atom. The van der Waals surface area contributed by atoms with E-state index in [9.17, 15) is 8.78 Å². The molecule has 5 nitrogen and oxygen atoms in total. The van der Waals surface area contributed by atoms with E-state index in [1.54, 1.807) is 11.9 Å². The number of benzene rings is 1. The van der Waals surface area contributed by atoms with Crippen molar-refractivity contribution in [3.63, 3.8) is 0 Å². The molecule has 1 heterocycles. The van der Waals surface area contributed by atoms with Gasteiger partial charge in [0.25, 0.3) is 0 Å². The molecule has 1 unspecified atom stereocenters. The van der Waals surface area contributed by atoms with E-state index in [4.69, 9.17) is 4.74 Å². The van der Waals surface area contributed by atoms with Gasteiger partial charge in [-0.05, 0) is 25.0 Å². The number of guanidine groups is 1. The lowest BCUT2D eigenvalue weighted by Crippen LogP contribution is -2.45. The molecule has 2 rings (SSSR count). The van der Waals surface area contributed by atoms with E-state index >= 15 is 0 Å². The van der Waals surface area contributed by atoms with Gasteiger partial charge in [0.05, 0.1) is 6.61 Å². The van der Waals surface area contributed by atoms with Gasteiger partial charge in [-0.3, -0.25) is 4.99 Å². The van der Waals surface area contributed by atoms with E-state index in [1.165, 1.54) is 18.2 Å². The quantitative estimate of drug-likeness (QED) is 0.428. The second-order valence-corrected chi connectivity index (χ2v) is 6.11. The Hall–Kier alpha value is -1.89. The Kier molecular flexibility index (Phi) is 7.91. The number of halogens is 2. The third-order valence-electron chi connectivity index (χ3n) is 4.19. The van der Waals surface area contributed by atoms with Crippen molar-refractivity contribution >= 4 is 11.6 Å². The smallest absolute Gasteiger partial charge is 0.191 e. The van der Waals surface area contributed by atoms with Crippen LogP contribution in [0.25, 0.3) is 0 Å². The Morgan fingerprint density at radius 3 is 2.76 bits per heavy atom. The molecule has 2 N–H and O–H groups in total. The predicted molar refractivity (Wildman–Crippen MR) is 97.2 cm³/mol. The number of unbranched alkanes of at least 4 members (excludes halogenated alkanes) is 1. The van der Waals surface area contributed by atoms with Crippen molar-refractivity contribution < 1.29 is 13.5 Å². The third kappa shape index (κ3) is 5.85. The molecule has 25 heavy (non-hydrogen) atoms. The van der Waals surface area contributed by atoms with Crippen LogP contribution in [0.5, 0.6) is 0 Å². The maximum absolute atomic E-state index is 13.9. The van der Waals surface area contributed by atoms with E-state index in [2.05, 4.69) is 22.5 Å². The lowest BCUT2D eigenvalue weighted by atomic mass is 10.2. The Bertz CT molecular complexity index is 548. The van der Waals surface area contributed by atoms with Gasteiger partial charge in [-0.2, -0.15) is 0 Å². The number of rotatable bonds is 8. The first-order chi connectivity index (χ1) is 12.2. The summed E-state index contributed by atoms with van der Waals surface area (Å²) in [5.74, 6) is -0.361. The molecule has 1 aliphatic rings. The second kappa shape index (κ2) is 10.2. The number of aliphatic imine (C=N–C) groups is 1. The summed E-state index contributed by atoms with van der Waals surface area (Å²) in [6, 6.07) is 4.05. The molecular formula is C18H28F2N4O. The van der Waals surface area contributed by atoms with Crippen molar-refractivity contribution in [2.24, 2.45) is 4.99 Å². The minimum absolute atomic E-state index is 0.0547. The van der Waals surface area contributed by atoms with E-state index in [0.717, 1.165) is 25.9 Å².